The molecule has 0 unspecified atom stereocenters. The Morgan fingerprint density at radius 1 is 1.15 bits per heavy atom. The van der Waals surface area contributed by atoms with E-state index in [9.17, 15) is 9.59 Å². The summed E-state index contributed by atoms with van der Waals surface area (Å²) in [4.78, 5) is 29.7. The second kappa shape index (κ2) is 8.93. The average molecular weight is 366 g/mol. The first kappa shape index (κ1) is 18.6. The van der Waals surface area contributed by atoms with Crippen LogP contribution in [0.2, 0.25) is 0 Å². The van der Waals surface area contributed by atoms with Gasteiger partial charge in [0.2, 0.25) is 0 Å². The standard InChI is InChI=1S/C20H22N4O3/c1-15(22-23-20(26)17-5-4-10-21-13-17)16-6-8-18(9-7-16)27-14-19(25)24-11-2-3-12-24/h4-10,13H,2-3,11-12,14H2,1H3,(H,23,26)/b22-15+. The number of pyridine rings is 1. The zero-order valence-corrected chi connectivity index (χ0v) is 15.2. The monoisotopic (exact) mass is 366 g/mol. The van der Waals surface area contributed by atoms with Gasteiger partial charge >= 0.3 is 0 Å². The van der Waals surface area contributed by atoms with Crippen LogP contribution in [0.3, 0.4) is 0 Å². The number of benzene rings is 1. The molecule has 1 N–H and O–H groups in total. The number of aromatic nitrogens is 1. The predicted molar refractivity (Wildman–Crippen MR) is 102 cm³/mol. The fourth-order valence-corrected chi connectivity index (χ4v) is 2.76. The summed E-state index contributed by atoms with van der Waals surface area (Å²) in [6, 6.07) is 10.6. The van der Waals surface area contributed by atoms with Gasteiger partial charge in [0.05, 0.1) is 11.3 Å². The van der Waals surface area contributed by atoms with Gasteiger partial charge in [-0.1, -0.05) is 0 Å². The van der Waals surface area contributed by atoms with Gasteiger partial charge in [0, 0.05) is 25.5 Å². The third-order valence-electron chi connectivity index (χ3n) is 4.34. The molecule has 0 aliphatic carbocycles. The van der Waals surface area contributed by atoms with Crippen molar-refractivity contribution in [3.8, 4) is 5.75 Å². The van der Waals surface area contributed by atoms with Crippen LogP contribution in [-0.4, -0.2) is 47.1 Å². The van der Waals surface area contributed by atoms with Crippen molar-refractivity contribution in [2.24, 2.45) is 5.10 Å². The molecule has 7 nitrogen and oxygen atoms in total. The second-order valence-electron chi connectivity index (χ2n) is 6.28. The lowest BCUT2D eigenvalue weighted by Gasteiger charge is -2.15. The Morgan fingerprint density at radius 3 is 2.56 bits per heavy atom. The highest BCUT2D eigenvalue weighted by molar-refractivity contribution is 6.00. The molecule has 2 amide bonds. The minimum atomic E-state index is -0.317. The van der Waals surface area contributed by atoms with E-state index in [-0.39, 0.29) is 18.4 Å². The minimum absolute atomic E-state index is 0.0208. The Balaban J connectivity index is 1.52. The fraction of sp³-hybridized carbons (Fsp3) is 0.300. The molecule has 27 heavy (non-hydrogen) atoms. The molecule has 0 spiro atoms. The van der Waals surface area contributed by atoms with Gasteiger partial charge in [-0.3, -0.25) is 14.6 Å². The molecule has 0 radical (unpaired) electrons. The van der Waals surface area contributed by atoms with E-state index in [1.807, 2.05) is 17.0 Å². The Morgan fingerprint density at radius 2 is 1.89 bits per heavy atom. The molecule has 0 bridgehead atoms. The molecular formula is C20H22N4O3. The molecule has 2 aromatic rings. The van der Waals surface area contributed by atoms with Crippen molar-refractivity contribution in [3.05, 3.63) is 59.9 Å². The number of hydrogen-bond donors (Lipinski definition) is 1. The maximum Gasteiger partial charge on any atom is 0.272 e. The van der Waals surface area contributed by atoms with Gasteiger partial charge < -0.3 is 9.64 Å². The summed E-state index contributed by atoms with van der Waals surface area (Å²) in [5.74, 6) is 0.328. The Kier molecular flexibility index (Phi) is 6.14. The molecule has 1 aromatic carbocycles. The third-order valence-corrected chi connectivity index (χ3v) is 4.34. The van der Waals surface area contributed by atoms with Crippen molar-refractivity contribution in [2.45, 2.75) is 19.8 Å². The van der Waals surface area contributed by atoms with Crippen LogP contribution < -0.4 is 10.2 Å². The molecule has 3 rings (SSSR count). The normalized spacial score (nSPS) is 14.1. The van der Waals surface area contributed by atoms with Crippen molar-refractivity contribution in [1.29, 1.82) is 0 Å². The van der Waals surface area contributed by atoms with Crippen LogP contribution in [0, 0.1) is 0 Å². The molecule has 0 saturated carbocycles. The predicted octanol–water partition coefficient (Wildman–Crippen LogP) is 2.24. The number of hydrogen-bond acceptors (Lipinski definition) is 5. The van der Waals surface area contributed by atoms with Crippen LogP contribution in [-0.2, 0) is 4.79 Å². The highest BCUT2D eigenvalue weighted by Crippen LogP contribution is 2.14. The maximum absolute atomic E-state index is 12.0. The smallest absolute Gasteiger partial charge is 0.272 e. The van der Waals surface area contributed by atoms with Crippen molar-refractivity contribution in [3.63, 3.8) is 0 Å². The largest absolute Gasteiger partial charge is 0.484 e. The minimum Gasteiger partial charge on any atom is -0.484 e. The Bertz CT molecular complexity index is 813. The molecule has 140 valence electrons. The van der Waals surface area contributed by atoms with E-state index in [0.29, 0.717) is 17.0 Å². The summed E-state index contributed by atoms with van der Waals surface area (Å²) in [6.45, 7) is 3.49. The molecule has 0 atom stereocenters. The molecule has 2 heterocycles. The molecule has 1 aromatic heterocycles. The van der Waals surface area contributed by atoms with E-state index in [0.717, 1.165) is 31.5 Å². The summed E-state index contributed by atoms with van der Waals surface area (Å²) >= 11 is 0. The number of hydrazone groups is 1. The van der Waals surface area contributed by atoms with Gasteiger partial charge in [-0.05, 0) is 61.7 Å². The lowest BCUT2D eigenvalue weighted by Crippen LogP contribution is -2.32. The van der Waals surface area contributed by atoms with Crippen molar-refractivity contribution in [2.75, 3.05) is 19.7 Å². The number of nitrogens with zero attached hydrogens (tertiary/aromatic N) is 3. The quantitative estimate of drug-likeness (QED) is 0.628. The summed E-state index contributed by atoms with van der Waals surface area (Å²) in [7, 11) is 0. The van der Waals surface area contributed by atoms with Gasteiger partial charge in [-0.15, -0.1) is 0 Å². The summed E-state index contributed by atoms with van der Waals surface area (Å²) in [6.07, 6.45) is 5.22. The average Bonchev–Trinajstić information content (AvgIpc) is 3.26. The number of carbonyl (C=O) groups excluding carboxylic acids is 2. The van der Waals surface area contributed by atoms with Gasteiger partial charge in [0.15, 0.2) is 6.61 Å². The Labute approximate surface area is 158 Å². The number of rotatable bonds is 6. The van der Waals surface area contributed by atoms with Crippen molar-refractivity contribution >= 4 is 17.5 Å². The van der Waals surface area contributed by atoms with Crippen molar-refractivity contribution in [1.82, 2.24) is 15.3 Å². The summed E-state index contributed by atoms with van der Waals surface area (Å²) in [5, 5.41) is 4.11. The lowest BCUT2D eigenvalue weighted by molar-refractivity contribution is -0.132. The molecule has 7 heteroatoms. The molecule has 1 aliphatic rings. The number of likely N-dealkylation sites (tertiary alicyclic amines) is 1. The Hall–Kier alpha value is -3.22. The number of carbonyl (C=O) groups is 2. The van der Waals surface area contributed by atoms with E-state index in [4.69, 9.17) is 4.74 Å². The fourth-order valence-electron chi connectivity index (χ4n) is 2.76. The van der Waals surface area contributed by atoms with Crippen LogP contribution in [0.1, 0.15) is 35.7 Å². The van der Waals surface area contributed by atoms with E-state index >= 15 is 0 Å². The summed E-state index contributed by atoms with van der Waals surface area (Å²) in [5.41, 5.74) is 4.46. The number of amides is 2. The zero-order valence-electron chi connectivity index (χ0n) is 15.2. The molecular weight excluding hydrogens is 344 g/mol. The van der Waals surface area contributed by atoms with E-state index in [1.54, 1.807) is 37.4 Å². The van der Waals surface area contributed by atoms with Gasteiger partial charge in [-0.2, -0.15) is 5.10 Å². The first-order valence-corrected chi connectivity index (χ1v) is 8.89. The van der Waals surface area contributed by atoms with Gasteiger partial charge in [-0.25, -0.2) is 5.43 Å². The van der Waals surface area contributed by atoms with Crippen molar-refractivity contribution < 1.29 is 14.3 Å². The van der Waals surface area contributed by atoms with E-state index < -0.39 is 0 Å². The molecule has 1 fully saturated rings. The third kappa shape index (κ3) is 5.13. The number of nitrogens with one attached hydrogen (secondary N) is 1. The van der Waals surface area contributed by atoms with Crippen LogP contribution >= 0.6 is 0 Å². The topological polar surface area (TPSA) is 83.9 Å². The maximum atomic E-state index is 12.0. The van der Waals surface area contributed by atoms with Gasteiger partial charge in [0.25, 0.3) is 11.8 Å². The van der Waals surface area contributed by atoms with E-state index in [1.165, 1.54) is 6.20 Å². The SMILES string of the molecule is C/C(=N\NC(=O)c1cccnc1)c1ccc(OCC(=O)N2CCCC2)cc1. The van der Waals surface area contributed by atoms with Crippen LogP contribution in [0.15, 0.2) is 53.9 Å². The molecule has 1 aliphatic heterocycles. The first-order chi connectivity index (χ1) is 13.1. The highest BCUT2D eigenvalue weighted by atomic mass is 16.5. The van der Waals surface area contributed by atoms with Crippen LogP contribution in [0.4, 0.5) is 0 Å². The van der Waals surface area contributed by atoms with Crippen LogP contribution in [0.5, 0.6) is 5.75 Å². The van der Waals surface area contributed by atoms with Gasteiger partial charge in [0.1, 0.15) is 5.75 Å². The van der Waals surface area contributed by atoms with Crippen LogP contribution in [0.25, 0.3) is 0 Å². The molecule has 1 saturated heterocycles. The second-order valence-corrected chi connectivity index (χ2v) is 6.28. The highest BCUT2D eigenvalue weighted by Gasteiger charge is 2.18. The lowest BCUT2D eigenvalue weighted by atomic mass is 10.1. The zero-order chi connectivity index (χ0) is 19.1. The number of ether oxygens (including phenoxy) is 1. The van der Waals surface area contributed by atoms with E-state index in [2.05, 4.69) is 15.5 Å². The summed E-state index contributed by atoms with van der Waals surface area (Å²) < 4.78 is 5.56. The first-order valence-electron chi connectivity index (χ1n) is 8.89.